The Morgan fingerprint density at radius 3 is 2.64 bits per heavy atom. The summed E-state index contributed by atoms with van der Waals surface area (Å²) < 4.78 is 43.3. The number of anilines is 3. The highest BCUT2D eigenvalue weighted by Gasteiger charge is 2.34. The molecule has 8 nitrogen and oxygen atoms in total. The zero-order chi connectivity index (χ0) is 23.8. The average Bonchev–Trinajstić information content (AvgIpc) is 2.73. The molecule has 4 rings (SSSR count). The molecule has 178 valence electrons. The van der Waals surface area contributed by atoms with Crippen molar-refractivity contribution in [1.82, 2.24) is 15.0 Å². The van der Waals surface area contributed by atoms with Crippen LogP contribution in [0, 0.1) is 18.8 Å². The molecule has 1 fully saturated rings. The Labute approximate surface area is 190 Å². The number of ether oxygens (including phenoxy) is 1. The third-order valence-corrected chi connectivity index (χ3v) is 6.20. The number of aromatic nitrogens is 3. The topological polar surface area (TPSA) is 92.3 Å². The summed E-state index contributed by atoms with van der Waals surface area (Å²) in [5, 5.41) is 6.21. The molecule has 0 radical (unpaired) electrons. The molecule has 1 aliphatic heterocycles. The van der Waals surface area contributed by atoms with Gasteiger partial charge >= 0.3 is 6.18 Å². The fourth-order valence-corrected chi connectivity index (χ4v) is 4.29. The Hall–Kier alpha value is -3.11. The zero-order valence-electron chi connectivity index (χ0n) is 18.7. The second-order valence-corrected chi connectivity index (χ2v) is 8.63. The van der Waals surface area contributed by atoms with Crippen molar-refractivity contribution < 1.29 is 22.7 Å². The van der Waals surface area contributed by atoms with Crippen LogP contribution in [0.1, 0.15) is 37.6 Å². The maximum atomic E-state index is 12.6. The minimum atomic E-state index is -4.45. The zero-order valence-corrected chi connectivity index (χ0v) is 18.7. The first-order valence-corrected chi connectivity index (χ1v) is 11.0. The Morgan fingerprint density at radius 1 is 1.24 bits per heavy atom. The van der Waals surface area contributed by atoms with Gasteiger partial charge in [0.25, 0.3) is 0 Å². The van der Waals surface area contributed by atoms with Crippen LogP contribution in [0.5, 0.6) is 5.75 Å². The molecule has 1 aliphatic carbocycles. The van der Waals surface area contributed by atoms with Crippen molar-refractivity contribution in [3.05, 3.63) is 29.7 Å². The van der Waals surface area contributed by atoms with Crippen LogP contribution < -0.4 is 20.3 Å². The van der Waals surface area contributed by atoms with E-state index < -0.39 is 11.9 Å². The number of hydrogen-bond donors (Lipinski definition) is 2. The fourth-order valence-electron chi connectivity index (χ4n) is 4.29. The number of pyridine rings is 1. The van der Waals surface area contributed by atoms with Crippen LogP contribution >= 0.6 is 0 Å². The van der Waals surface area contributed by atoms with Gasteiger partial charge in [0.1, 0.15) is 23.2 Å². The lowest BCUT2D eigenvalue weighted by Gasteiger charge is -2.36. The lowest BCUT2D eigenvalue weighted by Crippen LogP contribution is -2.46. The summed E-state index contributed by atoms with van der Waals surface area (Å²) in [5.74, 6) is 2.31. The molecule has 2 aromatic rings. The molecule has 1 saturated carbocycles. The van der Waals surface area contributed by atoms with Gasteiger partial charge in [-0.05, 0) is 50.2 Å². The highest BCUT2D eigenvalue weighted by Crippen LogP contribution is 2.36. The quantitative estimate of drug-likeness (QED) is 0.642. The van der Waals surface area contributed by atoms with E-state index in [0.29, 0.717) is 60.3 Å². The van der Waals surface area contributed by atoms with Crippen LogP contribution in [-0.2, 0) is 11.0 Å². The van der Waals surface area contributed by atoms with Gasteiger partial charge in [-0.25, -0.2) is 9.97 Å². The maximum Gasteiger partial charge on any atom is 0.433 e. The summed E-state index contributed by atoms with van der Waals surface area (Å²) in [4.78, 5) is 26.6. The number of aryl methyl sites for hydroxylation is 1. The standard InChI is InChI=1S/C22H27F3N6O2/c1-4-16-20(32)29-18-12(2)28-21(30-19(18)31(16)3)27-9-13-7-14(8-13)11-33-15-5-6-17(26-10-15)22(23,24)25/h5-6,10,13-14,16H,4,7-9,11H2,1-3H3,(H,29,32)(H,27,28,30)/t13?,14?,16-/m0/s1. The Morgan fingerprint density at radius 2 is 2.00 bits per heavy atom. The summed E-state index contributed by atoms with van der Waals surface area (Å²) in [7, 11) is 1.87. The Balaban J connectivity index is 1.25. The van der Waals surface area contributed by atoms with E-state index in [-0.39, 0.29) is 11.9 Å². The van der Waals surface area contributed by atoms with Crippen molar-refractivity contribution in [2.75, 3.05) is 35.7 Å². The predicted octanol–water partition coefficient (Wildman–Crippen LogP) is 3.88. The number of nitrogens with zero attached hydrogens (tertiary/aromatic N) is 4. The van der Waals surface area contributed by atoms with Gasteiger partial charge in [-0.15, -0.1) is 0 Å². The molecular weight excluding hydrogens is 437 g/mol. The minimum absolute atomic E-state index is 0.0466. The number of alkyl halides is 3. The molecule has 0 saturated heterocycles. The maximum absolute atomic E-state index is 12.6. The molecule has 1 amide bonds. The van der Waals surface area contributed by atoms with Crippen LogP contribution in [0.15, 0.2) is 18.3 Å². The lowest BCUT2D eigenvalue weighted by atomic mass is 9.75. The molecule has 11 heteroatoms. The van der Waals surface area contributed by atoms with Gasteiger partial charge in [0.2, 0.25) is 11.9 Å². The van der Waals surface area contributed by atoms with Gasteiger partial charge in [0, 0.05) is 13.6 Å². The van der Waals surface area contributed by atoms with Gasteiger partial charge in [-0.1, -0.05) is 6.92 Å². The van der Waals surface area contributed by atoms with Gasteiger partial charge in [0.05, 0.1) is 18.5 Å². The van der Waals surface area contributed by atoms with E-state index in [1.54, 1.807) is 0 Å². The minimum Gasteiger partial charge on any atom is -0.492 e. The molecule has 2 aromatic heterocycles. The van der Waals surface area contributed by atoms with Crippen LogP contribution in [0.3, 0.4) is 0 Å². The predicted molar refractivity (Wildman–Crippen MR) is 117 cm³/mol. The molecular formula is C22H27F3N6O2. The van der Waals surface area contributed by atoms with E-state index >= 15 is 0 Å². The lowest BCUT2D eigenvalue weighted by molar-refractivity contribution is -0.141. The summed E-state index contributed by atoms with van der Waals surface area (Å²) in [6.45, 7) is 4.97. The van der Waals surface area contributed by atoms with E-state index in [0.717, 1.165) is 25.1 Å². The molecule has 2 aliphatic rings. The number of amides is 1. The highest BCUT2D eigenvalue weighted by molar-refractivity contribution is 6.03. The summed E-state index contributed by atoms with van der Waals surface area (Å²) in [5.41, 5.74) is 0.432. The van der Waals surface area contributed by atoms with E-state index in [2.05, 4.69) is 25.6 Å². The van der Waals surface area contributed by atoms with E-state index in [9.17, 15) is 18.0 Å². The summed E-state index contributed by atoms with van der Waals surface area (Å²) in [6.07, 6.45) is -0.772. The first-order valence-electron chi connectivity index (χ1n) is 11.0. The first kappa shape index (κ1) is 23.1. The number of carbonyl (C=O) groups excluding carboxylic acids is 1. The van der Waals surface area contributed by atoms with Crippen molar-refractivity contribution in [2.24, 2.45) is 11.8 Å². The van der Waals surface area contributed by atoms with Gasteiger partial charge < -0.3 is 20.3 Å². The average molecular weight is 464 g/mol. The normalized spacial score (nSPS) is 22.3. The number of hydrogen-bond acceptors (Lipinski definition) is 7. The molecule has 0 unspecified atom stereocenters. The monoisotopic (exact) mass is 464 g/mol. The smallest absolute Gasteiger partial charge is 0.433 e. The number of carbonyl (C=O) groups is 1. The first-order chi connectivity index (χ1) is 15.7. The largest absolute Gasteiger partial charge is 0.492 e. The fraction of sp³-hybridized carbons (Fsp3) is 0.545. The van der Waals surface area contributed by atoms with Crippen molar-refractivity contribution >= 4 is 23.4 Å². The van der Waals surface area contributed by atoms with Crippen molar-refractivity contribution in [3.8, 4) is 5.75 Å². The van der Waals surface area contributed by atoms with Crippen LogP contribution in [0.4, 0.5) is 30.6 Å². The van der Waals surface area contributed by atoms with Crippen LogP contribution in [0.25, 0.3) is 0 Å². The van der Waals surface area contributed by atoms with Gasteiger partial charge in [-0.3, -0.25) is 4.79 Å². The van der Waals surface area contributed by atoms with Crippen molar-refractivity contribution in [3.63, 3.8) is 0 Å². The molecule has 2 N–H and O–H groups in total. The molecule has 0 spiro atoms. The molecule has 0 bridgehead atoms. The second kappa shape index (κ2) is 9.03. The van der Waals surface area contributed by atoms with E-state index in [1.165, 1.54) is 6.07 Å². The number of rotatable bonds is 7. The Bertz CT molecular complexity index is 1010. The van der Waals surface area contributed by atoms with Crippen LogP contribution in [-0.4, -0.2) is 47.1 Å². The molecule has 1 atom stereocenters. The summed E-state index contributed by atoms with van der Waals surface area (Å²) in [6, 6.07) is 1.97. The van der Waals surface area contributed by atoms with E-state index in [1.807, 2.05) is 25.8 Å². The Kier molecular flexibility index (Phi) is 6.31. The molecule has 33 heavy (non-hydrogen) atoms. The highest BCUT2D eigenvalue weighted by atomic mass is 19.4. The van der Waals surface area contributed by atoms with Crippen molar-refractivity contribution in [2.45, 2.75) is 45.3 Å². The SMILES string of the molecule is CC[C@H]1C(=O)Nc2c(C)nc(NCC3CC(COc4ccc(C(F)(F)F)nc4)C3)nc2N1C. The number of fused-ring (bicyclic) bond motifs is 1. The second-order valence-electron chi connectivity index (χ2n) is 8.63. The van der Waals surface area contributed by atoms with E-state index in [4.69, 9.17) is 4.74 Å². The van der Waals surface area contributed by atoms with Gasteiger partial charge in [-0.2, -0.15) is 18.2 Å². The van der Waals surface area contributed by atoms with Crippen LogP contribution in [0.2, 0.25) is 0 Å². The van der Waals surface area contributed by atoms with Crippen molar-refractivity contribution in [1.29, 1.82) is 0 Å². The third-order valence-electron chi connectivity index (χ3n) is 6.20. The number of halogens is 3. The number of nitrogens with one attached hydrogen (secondary N) is 2. The van der Waals surface area contributed by atoms with Gasteiger partial charge in [0.15, 0.2) is 5.82 Å². The summed E-state index contributed by atoms with van der Waals surface area (Å²) >= 11 is 0. The number of likely N-dealkylation sites (N-methyl/N-ethyl adjacent to an activating group) is 1. The molecule has 3 heterocycles. The molecule has 0 aromatic carbocycles. The third kappa shape index (κ3) is 4.96.